The van der Waals surface area contributed by atoms with Crippen molar-refractivity contribution < 1.29 is 13.2 Å². The molecule has 1 fully saturated rings. The van der Waals surface area contributed by atoms with E-state index < -0.39 is 11.7 Å². The van der Waals surface area contributed by atoms with Gasteiger partial charge in [-0.1, -0.05) is 6.92 Å². The van der Waals surface area contributed by atoms with E-state index in [0.29, 0.717) is 24.9 Å². The molecule has 7 heteroatoms. The highest BCUT2D eigenvalue weighted by Gasteiger charge is 2.32. The molecule has 112 valence electrons. The number of alkyl halides is 3. The largest absolute Gasteiger partial charge is 0.416 e. The van der Waals surface area contributed by atoms with Crippen LogP contribution in [0.5, 0.6) is 0 Å². The van der Waals surface area contributed by atoms with Gasteiger partial charge in [0.05, 0.1) is 5.56 Å². The normalized spacial score (nSPS) is 21.2. The summed E-state index contributed by atoms with van der Waals surface area (Å²) >= 11 is 0. The van der Waals surface area contributed by atoms with E-state index in [1.54, 1.807) is 0 Å². The molecule has 1 aromatic heterocycles. The summed E-state index contributed by atoms with van der Waals surface area (Å²) in [6.45, 7) is 4.19. The van der Waals surface area contributed by atoms with Crippen molar-refractivity contribution in [3.63, 3.8) is 0 Å². The number of hydrogen-bond acceptors (Lipinski definition) is 4. The number of halogens is 3. The lowest BCUT2D eigenvalue weighted by molar-refractivity contribution is -0.137. The average molecular weight is 288 g/mol. The second-order valence-electron chi connectivity index (χ2n) is 5.13. The Hall–Kier alpha value is -1.50. The first-order chi connectivity index (χ1) is 9.31. The van der Waals surface area contributed by atoms with E-state index in [9.17, 15) is 13.2 Å². The first kappa shape index (κ1) is 14.9. The molecule has 20 heavy (non-hydrogen) atoms. The predicted molar refractivity (Wildman–Crippen MR) is 72.6 cm³/mol. The number of hydrogen-bond donors (Lipinski definition) is 1. The Balaban J connectivity index is 2.27. The van der Waals surface area contributed by atoms with Crippen LogP contribution in [0, 0.1) is 0 Å². The number of nitrogen functional groups attached to an aromatic ring is 1. The van der Waals surface area contributed by atoms with E-state index in [1.807, 2.05) is 11.9 Å². The fourth-order valence-corrected chi connectivity index (χ4v) is 2.46. The quantitative estimate of drug-likeness (QED) is 0.906. The fourth-order valence-electron chi connectivity index (χ4n) is 2.46. The molecule has 0 aliphatic carbocycles. The van der Waals surface area contributed by atoms with Crippen LogP contribution in [0.25, 0.3) is 0 Å². The van der Waals surface area contributed by atoms with Crippen LogP contribution in [-0.2, 0) is 6.18 Å². The third-order valence-corrected chi connectivity index (χ3v) is 3.73. The standard InChI is InChI=1S/C13H19F3N4/c1-3-10-8-20(5-4-19(10)2)12-7-9(13(14,15)16)6-11(17)18-12/h6-7,10H,3-5,8H2,1-2H3,(H2,17,18). The van der Waals surface area contributed by atoms with Crippen molar-refractivity contribution in [3.05, 3.63) is 17.7 Å². The topological polar surface area (TPSA) is 45.4 Å². The monoisotopic (exact) mass is 288 g/mol. The van der Waals surface area contributed by atoms with Gasteiger partial charge in [-0.15, -0.1) is 0 Å². The number of pyridine rings is 1. The lowest BCUT2D eigenvalue weighted by atomic mass is 10.1. The van der Waals surface area contributed by atoms with Gasteiger partial charge in [0.25, 0.3) is 0 Å². The molecule has 2 rings (SSSR count). The van der Waals surface area contributed by atoms with Crippen molar-refractivity contribution >= 4 is 11.6 Å². The number of aromatic nitrogens is 1. The Labute approximate surface area is 116 Å². The SMILES string of the molecule is CCC1CN(c2cc(C(F)(F)F)cc(N)n2)CCN1C. The molecule has 1 unspecified atom stereocenters. The Bertz CT molecular complexity index is 475. The molecule has 0 spiro atoms. The first-order valence-electron chi connectivity index (χ1n) is 6.61. The number of piperazine rings is 1. The molecule has 2 heterocycles. The van der Waals surface area contributed by atoms with Gasteiger partial charge >= 0.3 is 6.18 Å². The molecule has 2 N–H and O–H groups in total. The third kappa shape index (κ3) is 3.15. The Morgan fingerprint density at radius 2 is 2.05 bits per heavy atom. The fraction of sp³-hybridized carbons (Fsp3) is 0.615. The molecule has 1 saturated heterocycles. The minimum absolute atomic E-state index is 0.0956. The van der Waals surface area contributed by atoms with Gasteiger partial charge in [0.15, 0.2) is 0 Å². The van der Waals surface area contributed by atoms with Crippen LogP contribution in [0.2, 0.25) is 0 Å². The summed E-state index contributed by atoms with van der Waals surface area (Å²) in [4.78, 5) is 8.14. The van der Waals surface area contributed by atoms with Crippen molar-refractivity contribution in [2.45, 2.75) is 25.6 Å². The lowest BCUT2D eigenvalue weighted by Crippen LogP contribution is -2.51. The van der Waals surface area contributed by atoms with Gasteiger partial charge in [0.2, 0.25) is 0 Å². The Kier molecular flexibility index (Phi) is 4.08. The molecule has 0 saturated carbocycles. The Morgan fingerprint density at radius 3 is 2.65 bits per heavy atom. The van der Waals surface area contributed by atoms with Crippen LogP contribution in [0.4, 0.5) is 24.8 Å². The Morgan fingerprint density at radius 1 is 1.35 bits per heavy atom. The van der Waals surface area contributed by atoms with Crippen molar-refractivity contribution in [2.75, 3.05) is 37.3 Å². The van der Waals surface area contributed by atoms with Gasteiger partial charge in [-0.05, 0) is 25.6 Å². The smallest absolute Gasteiger partial charge is 0.384 e. The highest BCUT2D eigenvalue weighted by Crippen LogP contribution is 2.32. The maximum absolute atomic E-state index is 12.8. The zero-order valence-electron chi connectivity index (χ0n) is 11.6. The maximum Gasteiger partial charge on any atom is 0.416 e. The highest BCUT2D eigenvalue weighted by atomic mass is 19.4. The number of likely N-dealkylation sites (N-methyl/N-ethyl adjacent to an activating group) is 1. The van der Waals surface area contributed by atoms with Crippen molar-refractivity contribution in [2.24, 2.45) is 0 Å². The van der Waals surface area contributed by atoms with Gasteiger partial charge < -0.3 is 10.6 Å². The van der Waals surface area contributed by atoms with Crippen LogP contribution in [-0.4, -0.2) is 42.6 Å². The van der Waals surface area contributed by atoms with Gasteiger partial charge in [0.1, 0.15) is 11.6 Å². The second kappa shape index (κ2) is 5.47. The average Bonchev–Trinajstić information content (AvgIpc) is 2.37. The van der Waals surface area contributed by atoms with E-state index >= 15 is 0 Å². The number of nitrogens with two attached hydrogens (primary N) is 1. The van der Waals surface area contributed by atoms with Crippen LogP contribution < -0.4 is 10.6 Å². The minimum Gasteiger partial charge on any atom is -0.384 e. The van der Waals surface area contributed by atoms with E-state index in [4.69, 9.17) is 5.73 Å². The van der Waals surface area contributed by atoms with E-state index in [-0.39, 0.29) is 5.82 Å². The summed E-state index contributed by atoms with van der Waals surface area (Å²) in [5, 5.41) is 0. The van der Waals surface area contributed by atoms with Gasteiger partial charge in [-0.3, -0.25) is 4.90 Å². The van der Waals surface area contributed by atoms with Crippen LogP contribution >= 0.6 is 0 Å². The summed E-state index contributed by atoms with van der Waals surface area (Å²) in [5.74, 6) is 0.214. The second-order valence-corrected chi connectivity index (χ2v) is 5.13. The molecule has 0 aromatic carbocycles. The summed E-state index contributed by atoms with van der Waals surface area (Å²) in [7, 11) is 2.03. The molecule has 1 atom stereocenters. The molecule has 1 aromatic rings. The van der Waals surface area contributed by atoms with E-state index in [2.05, 4.69) is 16.8 Å². The minimum atomic E-state index is -4.40. The van der Waals surface area contributed by atoms with E-state index in [0.717, 1.165) is 25.1 Å². The molecule has 1 aliphatic rings. The molecular formula is C13H19F3N4. The summed E-state index contributed by atoms with van der Waals surface area (Å²) in [6, 6.07) is 2.27. The molecular weight excluding hydrogens is 269 g/mol. The van der Waals surface area contributed by atoms with Crippen LogP contribution in [0.1, 0.15) is 18.9 Å². The number of anilines is 2. The zero-order chi connectivity index (χ0) is 14.9. The van der Waals surface area contributed by atoms with E-state index in [1.165, 1.54) is 0 Å². The van der Waals surface area contributed by atoms with Gasteiger partial charge in [-0.25, -0.2) is 4.98 Å². The number of nitrogens with zero attached hydrogens (tertiary/aromatic N) is 3. The molecule has 0 bridgehead atoms. The first-order valence-corrected chi connectivity index (χ1v) is 6.61. The number of rotatable bonds is 2. The molecule has 4 nitrogen and oxygen atoms in total. The highest BCUT2D eigenvalue weighted by molar-refractivity contribution is 5.49. The molecule has 0 amide bonds. The van der Waals surface area contributed by atoms with Gasteiger partial charge in [0, 0.05) is 25.7 Å². The van der Waals surface area contributed by atoms with Crippen molar-refractivity contribution in [1.82, 2.24) is 9.88 Å². The van der Waals surface area contributed by atoms with Crippen LogP contribution in [0.15, 0.2) is 12.1 Å². The third-order valence-electron chi connectivity index (χ3n) is 3.73. The summed E-state index contributed by atoms with van der Waals surface area (Å²) in [5.41, 5.74) is 4.77. The van der Waals surface area contributed by atoms with Crippen molar-refractivity contribution in [1.29, 1.82) is 0 Å². The molecule has 0 radical (unpaired) electrons. The van der Waals surface area contributed by atoms with Crippen LogP contribution in [0.3, 0.4) is 0 Å². The molecule has 1 aliphatic heterocycles. The predicted octanol–water partition coefficient (Wildman–Crippen LogP) is 2.21. The summed E-state index contributed by atoms with van der Waals surface area (Å²) < 4.78 is 38.4. The van der Waals surface area contributed by atoms with Gasteiger partial charge in [-0.2, -0.15) is 13.2 Å². The zero-order valence-corrected chi connectivity index (χ0v) is 11.6. The summed E-state index contributed by atoms with van der Waals surface area (Å²) in [6.07, 6.45) is -3.45. The maximum atomic E-state index is 12.8. The van der Waals surface area contributed by atoms with Crippen molar-refractivity contribution in [3.8, 4) is 0 Å². The lowest BCUT2D eigenvalue weighted by Gasteiger charge is -2.39.